The molecule has 20 heavy (non-hydrogen) atoms. The summed E-state index contributed by atoms with van der Waals surface area (Å²) in [7, 11) is 3.21. The van der Waals surface area contributed by atoms with E-state index in [4.69, 9.17) is 11.6 Å². The summed E-state index contributed by atoms with van der Waals surface area (Å²) in [6.45, 7) is 1.85. The number of nitrogens with zero attached hydrogens (tertiary/aromatic N) is 2. The molecule has 0 atom stereocenters. The molecule has 0 aliphatic rings. The van der Waals surface area contributed by atoms with Gasteiger partial charge in [0.1, 0.15) is 0 Å². The van der Waals surface area contributed by atoms with Crippen molar-refractivity contribution in [2.75, 3.05) is 7.11 Å². The van der Waals surface area contributed by atoms with Crippen LogP contribution in [0.1, 0.15) is 12.5 Å². The summed E-state index contributed by atoms with van der Waals surface area (Å²) in [4.78, 5) is 11.3. The van der Waals surface area contributed by atoms with Crippen molar-refractivity contribution in [3.05, 3.63) is 47.3 Å². The van der Waals surface area contributed by atoms with E-state index in [9.17, 15) is 4.79 Å². The molecule has 0 saturated carbocycles. The van der Waals surface area contributed by atoms with Crippen LogP contribution in [-0.4, -0.2) is 22.9 Å². The molecule has 0 amide bonds. The zero-order valence-corrected chi connectivity index (χ0v) is 12.3. The second-order valence-corrected chi connectivity index (χ2v) is 4.86. The van der Waals surface area contributed by atoms with Crippen LogP contribution in [0, 0.1) is 0 Å². The van der Waals surface area contributed by atoms with E-state index in [1.54, 1.807) is 10.9 Å². The van der Waals surface area contributed by atoms with Crippen LogP contribution in [0.3, 0.4) is 0 Å². The molecule has 1 aromatic carbocycles. The first-order chi connectivity index (χ1) is 9.51. The van der Waals surface area contributed by atoms with Crippen LogP contribution >= 0.6 is 11.6 Å². The molecule has 1 heterocycles. The maximum Gasteiger partial charge on any atom is 0.330 e. The number of ether oxygens (including phenoxy) is 1. The topological polar surface area (TPSA) is 44.1 Å². The number of carbonyl (C=O) groups excluding carboxylic acids is 1. The van der Waals surface area contributed by atoms with Gasteiger partial charge in [-0.15, -0.1) is 0 Å². The van der Waals surface area contributed by atoms with Crippen LogP contribution in [0.15, 0.2) is 36.7 Å². The SMILES string of the molecule is COC(=O)/C=C(\C)c1ccc(Cl)c(-c2cnn(C)c2)c1. The van der Waals surface area contributed by atoms with E-state index >= 15 is 0 Å². The zero-order valence-electron chi connectivity index (χ0n) is 11.6. The third kappa shape index (κ3) is 3.08. The Morgan fingerprint density at radius 1 is 1.45 bits per heavy atom. The number of esters is 1. The van der Waals surface area contributed by atoms with Gasteiger partial charge in [-0.2, -0.15) is 5.10 Å². The standard InChI is InChI=1S/C15H15ClN2O2/c1-10(6-15(19)20-3)11-4-5-14(16)13(7-11)12-8-17-18(2)9-12/h4-9H,1-3H3/b10-6+. The molecule has 0 aliphatic heterocycles. The van der Waals surface area contributed by atoms with Gasteiger partial charge < -0.3 is 4.74 Å². The molecule has 0 N–H and O–H groups in total. The Hall–Kier alpha value is -2.07. The predicted molar refractivity (Wildman–Crippen MR) is 79.3 cm³/mol. The molecule has 1 aromatic heterocycles. The second kappa shape index (κ2) is 5.92. The minimum atomic E-state index is -0.375. The average Bonchev–Trinajstić information content (AvgIpc) is 2.85. The highest BCUT2D eigenvalue weighted by Gasteiger charge is 2.08. The zero-order chi connectivity index (χ0) is 14.7. The van der Waals surface area contributed by atoms with E-state index < -0.39 is 0 Å². The Morgan fingerprint density at radius 2 is 2.20 bits per heavy atom. The monoisotopic (exact) mass is 290 g/mol. The number of carbonyl (C=O) groups is 1. The van der Waals surface area contributed by atoms with Gasteiger partial charge in [-0.3, -0.25) is 4.68 Å². The molecule has 4 nitrogen and oxygen atoms in total. The van der Waals surface area contributed by atoms with E-state index in [-0.39, 0.29) is 5.97 Å². The first-order valence-corrected chi connectivity index (χ1v) is 6.44. The van der Waals surface area contributed by atoms with Gasteiger partial charge in [-0.25, -0.2) is 4.79 Å². The fourth-order valence-electron chi connectivity index (χ4n) is 1.87. The maximum atomic E-state index is 11.3. The number of hydrogen-bond acceptors (Lipinski definition) is 3. The number of benzene rings is 1. The van der Waals surface area contributed by atoms with Crippen LogP contribution in [0.5, 0.6) is 0 Å². The smallest absolute Gasteiger partial charge is 0.330 e. The van der Waals surface area contributed by atoms with Gasteiger partial charge in [0.15, 0.2) is 0 Å². The predicted octanol–water partition coefficient (Wildman–Crippen LogP) is 3.32. The molecular formula is C15H15ClN2O2. The first kappa shape index (κ1) is 14.3. The fraction of sp³-hybridized carbons (Fsp3) is 0.200. The number of aromatic nitrogens is 2. The molecular weight excluding hydrogens is 276 g/mol. The summed E-state index contributed by atoms with van der Waals surface area (Å²) in [6.07, 6.45) is 5.10. The Bertz CT molecular complexity index is 674. The van der Waals surface area contributed by atoms with Crippen LogP contribution in [0.25, 0.3) is 16.7 Å². The van der Waals surface area contributed by atoms with Crippen LogP contribution in [0.4, 0.5) is 0 Å². The Kier molecular flexibility index (Phi) is 4.25. The van der Waals surface area contributed by atoms with Crippen molar-refractivity contribution in [3.8, 4) is 11.1 Å². The van der Waals surface area contributed by atoms with Gasteiger partial charge in [-0.1, -0.05) is 17.7 Å². The van der Waals surface area contributed by atoms with E-state index in [2.05, 4.69) is 9.84 Å². The lowest BCUT2D eigenvalue weighted by Crippen LogP contribution is -1.96. The van der Waals surface area contributed by atoms with Crippen molar-refractivity contribution < 1.29 is 9.53 Å². The molecule has 0 aliphatic carbocycles. The van der Waals surface area contributed by atoms with Gasteiger partial charge >= 0.3 is 5.97 Å². The lowest BCUT2D eigenvalue weighted by molar-refractivity contribution is -0.134. The Labute approximate surface area is 122 Å². The molecule has 0 saturated heterocycles. The van der Waals surface area contributed by atoms with Gasteiger partial charge in [-0.05, 0) is 30.2 Å². The quantitative estimate of drug-likeness (QED) is 0.643. The van der Waals surface area contributed by atoms with Crippen molar-refractivity contribution in [2.45, 2.75) is 6.92 Å². The minimum Gasteiger partial charge on any atom is -0.466 e. The summed E-state index contributed by atoms with van der Waals surface area (Å²) in [5.41, 5.74) is 3.55. The molecule has 2 rings (SSSR count). The number of halogens is 1. The van der Waals surface area contributed by atoms with Crippen LogP contribution in [-0.2, 0) is 16.6 Å². The third-order valence-electron chi connectivity index (χ3n) is 2.97. The van der Waals surface area contributed by atoms with Gasteiger partial charge in [0.2, 0.25) is 0 Å². The van der Waals surface area contributed by atoms with Crippen molar-refractivity contribution in [2.24, 2.45) is 7.05 Å². The van der Waals surface area contributed by atoms with Crippen molar-refractivity contribution in [1.82, 2.24) is 9.78 Å². The second-order valence-electron chi connectivity index (χ2n) is 4.45. The van der Waals surface area contributed by atoms with E-state index in [0.717, 1.165) is 22.3 Å². The molecule has 5 heteroatoms. The normalized spacial score (nSPS) is 11.5. The maximum absolute atomic E-state index is 11.3. The van der Waals surface area contributed by atoms with Gasteiger partial charge in [0.25, 0.3) is 0 Å². The minimum absolute atomic E-state index is 0.375. The Balaban J connectivity index is 2.43. The summed E-state index contributed by atoms with van der Waals surface area (Å²) in [5, 5.41) is 4.79. The van der Waals surface area contributed by atoms with E-state index in [0.29, 0.717) is 5.02 Å². The summed E-state index contributed by atoms with van der Waals surface area (Å²) in [6, 6.07) is 5.62. The largest absolute Gasteiger partial charge is 0.466 e. The van der Waals surface area contributed by atoms with Crippen LogP contribution < -0.4 is 0 Å². The summed E-state index contributed by atoms with van der Waals surface area (Å²) >= 11 is 6.23. The molecule has 0 fully saturated rings. The van der Waals surface area contributed by atoms with Gasteiger partial charge in [0, 0.05) is 35.5 Å². The first-order valence-electron chi connectivity index (χ1n) is 6.06. The molecule has 2 aromatic rings. The van der Waals surface area contributed by atoms with E-state index in [1.807, 2.05) is 38.4 Å². The third-order valence-corrected chi connectivity index (χ3v) is 3.30. The number of hydrogen-bond donors (Lipinski definition) is 0. The molecule has 0 radical (unpaired) electrons. The fourth-order valence-corrected chi connectivity index (χ4v) is 2.10. The molecule has 104 valence electrons. The lowest BCUT2D eigenvalue weighted by Gasteiger charge is -2.06. The van der Waals surface area contributed by atoms with Crippen LogP contribution in [0.2, 0.25) is 5.02 Å². The van der Waals surface area contributed by atoms with Gasteiger partial charge in [0.05, 0.1) is 13.3 Å². The Morgan fingerprint density at radius 3 is 2.80 bits per heavy atom. The highest BCUT2D eigenvalue weighted by atomic mass is 35.5. The molecule has 0 unspecified atom stereocenters. The number of rotatable bonds is 3. The van der Waals surface area contributed by atoms with Crippen molar-refractivity contribution in [3.63, 3.8) is 0 Å². The number of aryl methyl sites for hydroxylation is 1. The van der Waals surface area contributed by atoms with Crippen molar-refractivity contribution >= 4 is 23.1 Å². The molecule has 0 bridgehead atoms. The highest BCUT2D eigenvalue weighted by Crippen LogP contribution is 2.30. The average molecular weight is 291 g/mol. The lowest BCUT2D eigenvalue weighted by atomic mass is 10.0. The summed E-state index contributed by atoms with van der Waals surface area (Å²) in [5.74, 6) is -0.375. The van der Waals surface area contributed by atoms with Crippen molar-refractivity contribution in [1.29, 1.82) is 0 Å². The summed E-state index contributed by atoms with van der Waals surface area (Å²) < 4.78 is 6.35. The highest BCUT2D eigenvalue weighted by molar-refractivity contribution is 6.33. The van der Waals surface area contributed by atoms with E-state index in [1.165, 1.54) is 13.2 Å². The molecule has 0 spiro atoms. The number of allylic oxidation sites excluding steroid dienone is 1. The number of methoxy groups -OCH3 is 1.